The summed E-state index contributed by atoms with van der Waals surface area (Å²) in [5.41, 5.74) is 2.41. The third kappa shape index (κ3) is 56.4. The summed E-state index contributed by atoms with van der Waals surface area (Å²) in [5.74, 6) is 8.37. The second-order valence-corrected chi connectivity index (χ2v) is 32.0. The Kier molecular flexibility index (Phi) is 60.7. The van der Waals surface area contributed by atoms with Gasteiger partial charge in [-0.15, -0.1) is 0 Å². The van der Waals surface area contributed by atoms with Crippen molar-refractivity contribution in [2.75, 3.05) is 66.1 Å². The van der Waals surface area contributed by atoms with E-state index in [-0.39, 0.29) is 25.4 Å². The van der Waals surface area contributed by atoms with Crippen LogP contribution in [0.2, 0.25) is 0 Å². The number of ether oxygens (including phenoxy) is 6. The minimum atomic E-state index is -0.197. The Morgan fingerprint density at radius 3 is 0.698 bits per heavy atom. The quantitative estimate of drug-likeness (QED) is 0.0633. The number of benzene rings is 2. The Morgan fingerprint density at radius 1 is 0.240 bits per heavy atom. The molecule has 8 nitrogen and oxygen atoms in total. The van der Waals surface area contributed by atoms with Crippen molar-refractivity contribution < 1.29 is 38.6 Å². The van der Waals surface area contributed by atoms with E-state index in [1.165, 1.54) is 268 Å². The van der Waals surface area contributed by atoms with Crippen LogP contribution in [0.3, 0.4) is 0 Å². The molecule has 0 aromatic heterocycles. The normalized spacial score (nSPS) is 14.5. The van der Waals surface area contributed by atoms with Gasteiger partial charge in [0.15, 0.2) is 0 Å². The van der Waals surface area contributed by atoms with Crippen molar-refractivity contribution in [3.63, 3.8) is 0 Å². The Bertz CT molecular complexity index is 1750. The van der Waals surface area contributed by atoms with Gasteiger partial charge in [0.1, 0.15) is 23.7 Å². The smallest absolute Gasteiger partial charge is 0.119 e. The Morgan fingerprint density at radius 2 is 0.458 bits per heavy atom. The molecule has 0 radical (unpaired) electrons. The van der Waals surface area contributed by atoms with Crippen LogP contribution in [-0.2, 0) is 18.9 Å². The van der Waals surface area contributed by atoms with E-state index in [1.54, 1.807) is 0 Å². The van der Waals surface area contributed by atoms with Crippen LogP contribution in [0.4, 0.5) is 0 Å². The summed E-state index contributed by atoms with van der Waals surface area (Å²) in [6.45, 7) is 29.5. The van der Waals surface area contributed by atoms with E-state index in [1.807, 2.05) is 0 Å². The Labute approximate surface area is 596 Å². The first kappa shape index (κ1) is 89.9. The number of rotatable bonds is 73. The van der Waals surface area contributed by atoms with Crippen LogP contribution in [0, 0.1) is 47.3 Å². The van der Waals surface area contributed by atoms with Gasteiger partial charge in [0, 0.05) is 26.4 Å². The van der Waals surface area contributed by atoms with Crippen molar-refractivity contribution in [1.82, 2.24) is 0 Å². The molecule has 0 aliphatic heterocycles. The van der Waals surface area contributed by atoms with Gasteiger partial charge in [0.05, 0.1) is 39.6 Å². The molecule has 8 unspecified atom stereocenters. The van der Waals surface area contributed by atoms with Gasteiger partial charge < -0.3 is 38.6 Å². The second-order valence-electron chi connectivity index (χ2n) is 32.0. The van der Waals surface area contributed by atoms with Gasteiger partial charge in [-0.25, -0.2) is 0 Å². The molecule has 0 spiro atoms. The van der Waals surface area contributed by atoms with Gasteiger partial charge >= 0.3 is 0 Å². The van der Waals surface area contributed by atoms with E-state index in [9.17, 15) is 10.2 Å². The van der Waals surface area contributed by atoms with Gasteiger partial charge in [-0.3, -0.25) is 0 Å². The molecule has 2 rings (SSSR count). The van der Waals surface area contributed by atoms with Crippen LogP contribution >= 0.6 is 0 Å². The minimum absolute atomic E-state index is 0.0383. The Balaban J connectivity index is 1.31. The summed E-state index contributed by atoms with van der Waals surface area (Å²) in [5, 5.41) is 19.7. The monoisotopic (exact) mass is 1350 g/mol. The van der Waals surface area contributed by atoms with E-state index in [4.69, 9.17) is 28.4 Å². The molecule has 2 aromatic rings. The molecule has 8 heteroatoms. The van der Waals surface area contributed by atoms with E-state index in [0.29, 0.717) is 25.0 Å². The molecular weight excluding hydrogens is 1180 g/mol. The maximum atomic E-state index is 9.84. The first-order chi connectivity index (χ1) is 46.8. The lowest BCUT2D eigenvalue weighted by atomic mass is 9.91. The number of hydrogen-bond acceptors (Lipinski definition) is 8. The molecule has 0 heterocycles. The number of aliphatic hydroxyl groups excluding tert-OH is 2. The van der Waals surface area contributed by atoms with Crippen LogP contribution in [0.5, 0.6) is 11.5 Å². The topological polar surface area (TPSA) is 95.8 Å². The van der Waals surface area contributed by atoms with Gasteiger partial charge in [0.2, 0.25) is 0 Å². The average Bonchev–Trinajstić information content (AvgIpc) is 1.10. The zero-order valence-corrected chi connectivity index (χ0v) is 65.3. The molecule has 8 atom stereocenters. The summed E-state index contributed by atoms with van der Waals surface area (Å²) < 4.78 is 36.1. The number of aliphatic hydroxyl groups is 2. The van der Waals surface area contributed by atoms with Crippen LogP contribution < -0.4 is 9.47 Å². The first-order valence-electron chi connectivity index (χ1n) is 41.8. The van der Waals surface area contributed by atoms with Gasteiger partial charge in [-0.05, 0) is 121 Å². The van der Waals surface area contributed by atoms with Gasteiger partial charge in [0.25, 0.3) is 0 Å². The molecule has 0 bridgehead atoms. The van der Waals surface area contributed by atoms with Crippen molar-refractivity contribution in [3.8, 4) is 22.6 Å². The van der Waals surface area contributed by atoms with Gasteiger partial charge in [-0.2, -0.15) is 0 Å². The highest BCUT2D eigenvalue weighted by Crippen LogP contribution is 2.28. The molecule has 0 aliphatic rings. The maximum Gasteiger partial charge on any atom is 0.119 e. The lowest BCUT2D eigenvalue weighted by molar-refractivity contribution is -0.0459. The zero-order chi connectivity index (χ0) is 69.6. The fourth-order valence-electron chi connectivity index (χ4n) is 13.9. The molecule has 0 aliphatic carbocycles. The summed E-state index contributed by atoms with van der Waals surface area (Å²) in [6.07, 6.45) is 59.8. The van der Waals surface area contributed by atoms with E-state index in [2.05, 4.69) is 118 Å². The zero-order valence-electron chi connectivity index (χ0n) is 65.3. The minimum Gasteiger partial charge on any atom is -0.494 e. The van der Waals surface area contributed by atoms with E-state index in [0.717, 1.165) is 125 Å². The fraction of sp³-hybridized carbons (Fsp3) is 0.864. The van der Waals surface area contributed by atoms with Crippen LogP contribution in [-0.4, -0.2) is 88.5 Å². The third-order valence-electron chi connectivity index (χ3n) is 20.9. The van der Waals surface area contributed by atoms with Crippen molar-refractivity contribution in [2.24, 2.45) is 47.3 Å². The predicted molar refractivity (Wildman–Crippen MR) is 415 cm³/mol. The third-order valence-corrected chi connectivity index (χ3v) is 20.9. The summed E-state index contributed by atoms with van der Waals surface area (Å²) in [4.78, 5) is 0. The molecule has 0 fully saturated rings. The first-order valence-corrected chi connectivity index (χ1v) is 41.8. The van der Waals surface area contributed by atoms with Crippen molar-refractivity contribution in [1.29, 1.82) is 0 Å². The highest BCUT2D eigenvalue weighted by Gasteiger charge is 2.15. The van der Waals surface area contributed by atoms with Crippen LogP contribution in [0.1, 0.15) is 365 Å². The molecule has 0 amide bonds. The average molecular weight is 1350 g/mol. The summed E-state index contributed by atoms with van der Waals surface area (Å²) in [7, 11) is 0. The summed E-state index contributed by atoms with van der Waals surface area (Å²) in [6, 6.07) is 17.1. The number of unbranched alkanes of at least 4 members (excludes halogenated alkanes) is 24. The van der Waals surface area contributed by atoms with Gasteiger partial charge in [-0.1, -0.05) is 350 Å². The van der Waals surface area contributed by atoms with Crippen LogP contribution in [0.25, 0.3) is 11.1 Å². The van der Waals surface area contributed by atoms with E-state index >= 15 is 0 Å². The van der Waals surface area contributed by atoms with Crippen molar-refractivity contribution in [3.05, 3.63) is 48.5 Å². The molecule has 96 heavy (non-hydrogen) atoms. The molecule has 562 valence electrons. The summed E-state index contributed by atoms with van der Waals surface area (Å²) >= 11 is 0. The molecular formula is C88H162O8. The largest absolute Gasteiger partial charge is 0.494 e. The Hall–Kier alpha value is -2.20. The molecule has 0 saturated heterocycles. The maximum absolute atomic E-state index is 9.84. The predicted octanol–water partition coefficient (Wildman–Crippen LogP) is 26.0. The molecule has 2 N–H and O–H groups in total. The second kappa shape index (κ2) is 64.9. The fourth-order valence-corrected chi connectivity index (χ4v) is 13.9. The van der Waals surface area contributed by atoms with E-state index < -0.39 is 0 Å². The SMILES string of the molecule is CC(C)CCCC(C)CCCC(C)CCCC(C)CCOC(CO)COCCCCCCCCCCCCCCCOc1ccc(-c2ccc(OCCCCCCCCCCCCCCCOCC(CO)OCCC(C)CCCC(C)CCCC(C)CCCC(C)C)cc2)cc1. The van der Waals surface area contributed by atoms with Crippen molar-refractivity contribution in [2.45, 2.75) is 377 Å². The van der Waals surface area contributed by atoms with Crippen molar-refractivity contribution >= 4 is 0 Å². The lowest BCUT2D eigenvalue weighted by Gasteiger charge is -2.18. The highest BCUT2D eigenvalue weighted by molar-refractivity contribution is 5.64. The number of hydrogen-bond donors (Lipinski definition) is 2. The highest BCUT2D eigenvalue weighted by atomic mass is 16.5. The molecule has 0 saturated carbocycles. The lowest BCUT2D eigenvalue weighted by Crippen LogP contribution is -2.25. The van der Waals surface area contributed by atoms with Crippen LogP contribution in [0.15, 0.2) is 48.5 Å². The molecule has 2 aromatic carbocycles. The standard InChI is InChI=1S/C88H162O8/c1-75(2)43-37-45-77(5)47-39-49-79(7)51-41-53-81(9)63-69-95-87(71-89)73-91-65-33-29-25-21-17-13-11-15-19-23-27-31-35-67-93-85-59-55-83(56-60-85)84-57-61-86(62-58-84)94-68-36-32-28-24-20-16-12-14-18-22-26-30-34-66-92-74-88(72-90)96-70-64-82(10)54-42-52-80(8)50-40-48-78(6)46-38-44-76(3)4/h55-62,75-82,87-90H,11-54,63-74H2,1-10H3.